The summed E-state index contributed by atoms with van der Waals surface area (Å²) in [5.74, 6) is 6.57. The van der Waals surface area contributed by atoms with Crippen LogP contribution in [0.4, 0.5) is 0 Å². The van der Waals surface area contributed by atoms with Crippen molar-refractivity contribution in [2.24, 2.45) is 5.73 Å². The Kier molecular flexibility index (Phi) is 5.77. The van der Waals surface area contributed by atoms with E-state index in [9.17, 15) is 0 Å². The van der Waals surface area contributed by atoms with E-state index in [4.69, 9.17) is 22.1 Å². The quantitative estimate of drug-likeness (QED) is 0.800. The molecule has 0 fully saturated rings. The Morgan fingerprint density at radius 3 is 3.00 bits per heavy atom. The van der Waals surface area contributed by atoms with Crippen molar-refractivity contribution in [3.63, 3.8) is 0 Å². The molecule has 3 heteroatoms. The van der Waals surface area contributed by atoms with Crippen molar-refractivity contribution in [1.82, 2.24) is 0 Å². The largest absolute Gasteiger partial charge is 0.492 e. The zero-order chi connectivity index (χ0) is 11.8. The first-order valence-electron chi connectivity index (χ1n) is 5.26. The smallest absolute Gasteiger partial charge is 0.120 e. The van der Waals surface area contributed by atoms with Gasteiger partial charge in [0.05, 0.1) is 0 Å². The van der Waals surface area contributed by atoms with Gasteiger partial charge in [-0.25, -0.2) is 0 Å². The van der Waals surface area contributed by atoms with Crippen LogP contribution in [0.15, 0.2) is 24.3 Å². The molecule has 1 aromatic rings. The minimum Gasteiger partial charge on any atom is -0.492 e. The second-order valence-electron chi connectivity index (χ2n) is 3.49. The van der Waals surface area contributed by atoms with Gasteiger partial charge in [0, 0.05) is 17.5 Å². The maximum atomic E-state index is 5.87. The summed E-state index contributed by atoms with van der Waals surface area (Å²) in [6, 6.07) is 7.32. The summed E-state index contributed by atoms with van der Waals surface area (Å²) in [5.41, 5.74) is 5.87. The maximum Gasteiger partial charge on any atom is 0.120 e. The summed E-state index contributed by atoms with van der Waals surface area (Å²) in [7, 11) is 0. The van der Waals surface area contributed by atoms with Crippen LogP contribution >= 0.6 is 11.6 Å². The van der Waals surface area contributed by atoms with Crippen molar-refractivity contribution in [3.8, 4) is 17.6 Å². The monoisotopic (exact) mass is 237 g/mol. The molecule has 0 aromatic heterocycles. The fourth-order valence-electron chi connectivity index (χ4n) is 1.23. The average Bonchev–Trinajstić information content (AvgIpc) is 2.27. The number of hydrogen-bond donors (Lipinski definition) is 1. The molecule has 0 heterocycles. The highest BCUT2D eigenvalue weighted by Gasteiger charge is 2.02. The SMILES string of the molecule is CC#CCCC(N)COc1cccc(Cl)c1. The Labute approximate surface area is 102 Å². The third-order valence-corrected chi connectivity index (χ3v) is 2.31. The average molecular weight is 238 g/mol. The lowest BCUT2D eigenvalue weighted by molar-refractivity contribution is 0.283. The lowest BCUT2D eigenvalue weighted by atomic mass is 10.2. The molecule has 0 radical (unpaired) electrons. The molecule has 0 spiro atoms. The zero-order valence-electron chi connectivity index (χ0n) is 9.37. The molecule has 0 bridgehead atoms. The minimum absolute atomic E-state index is 0.0137. The van der Waals surface area contributed by atoms with Crippen LogP contribution in [0.25, 0.3) is 0 Å². The molecule has 0 saturated carbocycles. The van der Waals surface area contributed by atoms with Crippen molar-refractivity contribution < 1.29 is 4.74 Å². The summed E-state index contributed by atoms with van der Waals surface area (Å²) in [5, 5.41) is 0.669. The Balaban J connectivity index is 2.30. The molecule has 1 aromatic carbocycles. The van der Waals surface area contributed by atoms with E-state index < -0.39 is 0 Å². The molecule has 0 aliphatic carbocycles. The van der Waals surface area contributed by atoms with Crippen LogP contribution in [-0.4, -0.2) is 12.6 Å². The maximum absolute atomic E-state index is 5.87. The third kappa shape index (κ3) is 5.06. The van der Waals surface area contributed by atoms with E-state index in [0.29, 0.717) is 11.6 Å². The highest BCUT2D eigenvalue weighted by molar-refractivity contribution is 6.30. The van der Waals surface area contributed by atoms with Crippen LogP contribution in [0.3, 0.4) is 0 Å². The molecule has 0 amide bonds. The van der Waals surface area contributed by atoms with Crippen LogP contribution < -0.4 is 10.5 Å². The highest BCUT2D eigenvalue weighted by atomic mass is 35.5. The molecule has 2 nitrogen and oxygen atoms in total. The van der Waals surface area contributed by atoms with Crippen molar-refractivity contribution in [1.29, 1.82) is 0 Å². The minimum atomic E-state index is 0.0137. The van der Waals surface area contributed by atoms with Crippen molar-refractivity contribution in [3.05, 3.63) is 29.3 Å². The lowest BCUT2D eigenvalue weighted by Crippen LogP contribution is -2.27. The number of rotatable bonds is 5. The van der Waals surface area contributed by atoms with E-state index in [1.165, 1.54) is 0 Å². The van der Waals surface area contributed by atoms with Gasteiger partial charge in [0.2, 0.25) is 0 Å². The van der Waals surface area contributed by atoms with Gasteiger partial charge < -0.3 is 10.5 Å². The van der Waals surface area contributed by atoms with Crippen molar-refractivity contribution >= 4 is 11.6 Å². The van der Waals surface area contributed by atoms with Crippen molar-refractivity contribution in [2.45, 2.75) is 25.8 Å². The van der Waals surface area contributed by atoms with Crippen LogP contribution in [-0.2, 0) is 0 Å². The predicted octanol–water partition coefficient (Wildman–Crippen LogP) is 2.85. The van der Waals surface area contributed by atoms with Gasteiger partial charge >= 0.3 is 0 Å². The Morgan fingerprint density at radius 2 is 2.31 bits per heavy atom. The van der Waals surface area contributed by atoms with Gasteiger partial charge in [-0.1, -0.05) is 17.7 Å². The van der Waals surface area contributed by atoms with Crippen LogP contribution in [0.1, 0.15) is 19.8 Å². The first-order valence-corrected chi connectivity index (χ1v) is 5.63. The van der Waals surface area contributed by atoms with Crippen LogP contribution in [0.2, 0.25) is 5.02 Å². The Hall–Kier alpha value is -1.17. The zero-order valence-corrected chi connectivity index (χ0v) is 10.1. The molecule has 1 rings (SSSR count). The first-order chi connectivity index (χ1) is 7.72. The van der Waals surface area contributed by atoms with Gasteiger partial charge in [-0.15, -0.1) is 11.8 Å². The molecule has 2 N–H and O–H groups in total. The highest BCUT2D eigenvalue weighted by Crippen LogP contribution is 2.17. The number of hydrogen-bond acceptors (Lipinski definition) is 2. The van der Waals surface area contributed by atoms with Gasteiger partial charge in [-0.05, 0) is 31.5 Å². The Bertz CT molecular complexity index is 381. The summed E-state index contributed by atoms with van der Waals surface area (Å²) >= 11 is 5.83. The fraction of sp³-hybridized carbons (Fsp3) is 0.385. The first kappa shape index (κ1) is 12.9. The van der Waals surface area contributed by atoms with Crippen molar-refractivity contribution in [2.75, 3.05) is 6.61 Å². The van der Waals surface area contributed by atoms with Gasteiger partial charge in [0.25, 0.3) is 0 Å². The summed E-state index contributed by atoms with van der Waals surface area (Å²) < 4.78 is 5.52. The molecule has 0 aliphatic rings. The second-order valence-corrected chi connectivity index (χ2v) is 3.93. The van der Waals surface area contributed by atoms with Gasteiger partial charge in [0.1, 0.15) is 12.4 Å². The standard InChI is InChI=1S/C13H16ClNO/c1-2-3-4-7-12(15)10-16-13-8-5-6-11(14)9-13/h5-6,8-9,12H,4,7,10,15H2,1H3. The number of benzene rings is 1. The normalized spacial score (nSPS) is 11.4. The number of halogens is 1. The van der Waals surface area contributed by atoms with E-state index >= 15 is 0 Å². The summed E-state index contributed by atoms with van der Waals surface area (Å²) in [6.07, 6.45) is 1.66. The topological polar surface area (TPSA) is 35.2 Å². The third-order valence-electron chi connectivity index (χ3n) is 2.08. The molecule has 1 atom stereocenters. The van der Waals surface area contributed by atoms with Crippen LogP contribution in [0, 0.1) is 11.8 Å². The molecule has 0 aliphatic heterocycles. The number of nitrogens with two attached hydrogens (primary N) is 1. The van der Waals surface area contributed by atoms with E-state index in [1.807, 2.05) is 25.1 Å². The van der Waals surface area contributed by atoms with Gasteiger partial charge in [-0.2, -0.15) is 0 Å². The Morgan fingerprint density at radius 1 is 1.50 bits per heavy atom. The molecular formula is C13H16ClNO. The molecule has 0 saturated heterocycles. The fourth-order valence-corrected chi connectivity index (χ4v) is 1.41. The lowest BCUT2D eigenvalue weighted by Gasteiger charge is -2.11. The van der Waals surface area contributed by atoms with Crippen LogP contribution in [0.5, 0.6) is 5.75 Å². The summed E-state index contributed by atoms with van der Waals surface area (Å²) in [6.45, 7) is 2.32. The second kappa shape index (κ2) is 7.16. The molecule has 16 heavy (non-hydrogen) atoms. The predicted molar refractivity (Wildman–Crippen MR) is 67.6 cm³/mol. The van der Waals surface area contributed by atoms with Gasteiger partial charge in [0.15, 0.2) is 0 Å². The number of ether oxygens (including phenoxy) is 1. The van der Waals surface area contributed by atoms with Gasteiger partial charge in [-0.3, -0.25) is 0 Å². The summed E-state index contributed by atoms with van der Waals surface area (Å²) in [4.78, 5) is 0. The van der Waals surface area contributed by atoms with E-state index in [1.54, 1.807) is 6.07 Å². The van der Waals surface area contributed by atoms with E-state index in [0.717, 1.165) is 18.6 Å². The molecule has 86 valence electrons. The van der Waals surface area contributed by atoms with E-state index in [2.05, 4.69) is 11.8 Å². The molecular weight excluding hydrogens is 222 g/mol. The molecule has 1 unspecified atom stereocenters. The van der Waals surface area contributed by atoms with E-state index in [-0.39, 0.29) is 6.04 Å².